The summed E-state index contributed by atoms with van der Waals surface area (Å²) in [6.45, 7) is 5.51. The van der Waals surface area contributed by atoms with Crippen molar-refractivity contribution in [3.63, 3.8) is 0 Å². The summed E-state index contributed by atoms with van der Waals surface area (Å²) in [5.74, 6) is 0.650. The van der Waals surface area contributed by atoms with Gasteiger partial charge in [0.1, 0.15) is 0 Å². The molecule has 1 fully saturated rings. The van der Waals surface area contributed by atoms with Crippen LogP contribution >= 0.6 is 11.3 Å². The molecule has 1 aromatic heterocycles. The molecule has 0 aliphatic carbocycles. The molecule has 19 heavy (non-hydrogen) atoms. The number of rotatable bonds is 8. The van der Waals surface area contributed by atoms with Crippen LogP contribution in [0.1, 0.15) is 11.3 Å². The lowest BCUT2D eigenvalue weighted by Crippen LogP contribution is -2.20. The number of nitrogens with one attached hydrogen (secondary N) is 1. The number of anilines is 1. The van der Waals surface area contributed by atoms with E-state index in [-0.39, 0.29) is 0 Å². The average Bonchev–Trinajstić information content (AvgIpc) is 3.04. The molecule has 0 radical (unpaired) electrons. The number of hydrogen-bond acceptors (Lipinski definition) is 6. The van der Waals surface area contributed by atoms with Crippen molar-refractivity contribution in [3.05, 3.63) is 11.1 Å². The first-order chi connectivity index (χ1) is 9.33. The molecule has 1 saturated heterocycles. The van der Waals surface area contributed by atoms with Crippen molar-refractivity contribution in [2.75, 3.05) is 52.0 Å². The maximum atomic E-state index is 5.23. The lowest BCUT2D eigenvalue weighted by atomic mass is 10.1. The number of hydrogen-bond donors (Lipinski definition) is 1. The van der Waals surface area contributed by atoms with Crippen LogP contribution in [0.25, 0.3) is 0 Å². The third kappa shape index (κ3) is 4.42. The lowest BCUT2D eigenvalue weighted by molar-refractivity contribution is 0.161. The summed E-state index contributed by atoms with van der Waals surface area (Å²) in [6, 6.07) is 0. The van der Waals surface area contributed by atoms with E-state index in [0.29, 0.717) is 5.92 Å². The largest absolute Gasteiger partial charge is 0.384 e. The number of aromatic nitrogens is 1. The van der Waals surface area contributed by atoms with E-state index in [0.717, 1.165) is 44.5 Å². The van der Waals surface area contributed by atoms with Crippen molar-refractivity contribution in [2.24, 2.45) is 5.92 Å². The lowest BCUT2D eigenvalue weighted by Gasteiger charge is -2.14. The first-order valence-electron chi connectivity index (χ1n) is 6.71. The van der Waals surface area contributed by atoms with Crippen LogP contribution in [-0.4, -0.2) is 52.1 Å². The van der Waals surface area contributed by atoms with Gasteiger partial charge in [-0.2, -0.15) is 0 Å². The summed E-state index contributed by atoms with van der Waals surface area (Å²) in [6.07, 6.45) is 3.18. The van der Waals surface area contributed by atoms with Crippen molar-refractivity contribution < 1.29 is 9.47 Å². The first-order valence-corrected chi connectivity index (χ1v) is 7.53. The molecule has 2 rings (SSSR count). The zero-order chi connectivity index (χ0) is 13.5. The molecule has 1 aromatic rings. The highest BCUT2D eigenvalue weighted by atomic mass is 32.1. The predicted octanol–water partition coefficient (Wildman–Crippen LogP) is 1.35. The van der Waals surface area contributed by atoms with E-state index in [1.54, 1.807) is 25.6 Å². The van der Waals surface area contributed by atoms with Gasteiger partial charge in [-0.05, 0) is 6.42 Å². The SMILES string of the molecule is COCCNCc1cnc(N2CCC(COC)C2)s1. The highest BCUT2D eigenvalue weighted by molar-refractivity contribution is 7.15. The maximum absolute atomic E-state index is 5.23. The topological polar surface area (TPSA) is 46.6 Å². The molecule has 1 aliphatic heterocycles. The van der Waals surface area contributed by atoms with Crippen molar-refractivity contribution in [1.29, 1.82) is 0 Å². The van der Waals surface area contributed by atoms with Gasteiger partial charge in [0.15, 0.2) is 5.13 Å². The standard InChI is InChI=1S/C13H23N3O2S/c1-17-6-4-14-7-12-8-15-13(19-12)16-5-3-11(9-16)10-18-2/h8,11,14H,3-7,9-10H2,1-2H3. The summed E-state index contributed by atoms with van der Waals surface area (Å²) in [5, 5.41) is 4.48. The second-order valence-electron chi connectivity index (χ2n) is 4.83. The minimum absolute atomic E-state index is 0.650. The van der Waals surface area contributed by atoms with Gasteiger partial charge in [-0.1, -0.05) is 0 Å². The normalized spacial score (nSPS) is 19.3. The van der Waals surface area contributed by atoms with E-state index in [2.05, 4.69) is 15.2 Å². The van der Waals surface area contributed by atoms with Crippen LogP contribution in [0.5, 0.6) is 0 Å². The van der Waals surface area contributed by atoms with Gasteiger partial charge in [0.05, 0.1) is 13.2 Å². The minimum Gasteiger partial charge on any atom is -0.384 e. The third-order valence-electron chi connectivity index (χ3n) is 3.28. The van der Waals surface area contributed by atoms with Gasteiger partial charge in [-0.15, -0.1) is 11.3 Å². The first kappa shape index (κ1) is 14.7. The number of thiazole rings is 1. The Kier molecular flexibility index (Phi) is 6.03. The van der Waals surface area contributed by atoms with E-state index in [9.17, 15) is 0 Å². The Morgan fingerprint density at radius 3 is 3.16 bits per heavy atom. The van der Waals surface area contributed by atoms with Gasteiger partial charge in [0, 0.05) is 57.4 Å². The fraction of sp³-hybridized carbons (Fsp3) is 0.769. The van der Waals surface area contributed by atoms with Gasteiger partial charge < -0.3 is 19.7 Å². The molecule has 108 valence electrons. The van der Waals surface area contributed by atoms with E-state index in [4.69, 9.17) is 9.47 Å². The summed E-state index contributed by atoms with van der Waals surface area (Å²) in [4.78, 5) is 8.17. The Bertz CT molecular complexity index is 373. The number of methoxy groups -OCH3 is 2. The van der Waals surface area contributed by atoms with Crippen molar-refractivity contribution >= 4 is 16.5 Å². The van der Waals surface area contributed by atoms with E-state index in [1.165, 1.54) is 11.3 Å². The molecule has 6 heteroatoms. The number of ether oxygens (including phenoxy) is 2. The molecule has 2 heterocycles. The van der Waals surface area contributed by atoms with Crippen LogP contribution in [0, 0.1) is 5.92 Å². The fourth-order valence-corrected chi connectivity index (χ4v) is 3.20. The maximum Gasteiger partial charge on any atom is 0.185 e. The zero-order valence-corrected chi connectivity index (χ0v) is 12.5. The van der Waals surface area contributed by atoms with E-state index < -0.39 is 0 Å². The molecule has 5 nitrogen and oxygen atoms in total. The molecule has 1 N–H and O–H groups in total. The Balaban J connectivity index is 1.77. The summed E-state index contributed by atoms with van der Waals surface area (Å²) in [5.41, 5.74) is 0. The average molecular weight is 285 g/mol. The molecule has 1 atom stereocenters. The fourth-order valence-electron chi connectivity index (χ4n) is 2.29. The van der Waals surface area contributed by atoms with Crippen molar-refractivity contribution in [3.8, 4) is 0 Å². The highest BCUT2D eigenvalue weighted by Gasteiger charge is 2.24. The quantitative estimate of drug-likeness (QED) is 0.731. The van der Waals surface area contributed by atoms with Crippen molar-refractivity contribution in [2.45, 2.75) is 13.0 Å². The molecular weight excluding hydrogens is 262 g/mol. The molecular formula is C13H23N3O2S. The van der Waals surface area contributed by atoms with Crippen LogP contribution < -0.4 is 10.2 Å². The Morgan fingerprint density at radius 2 is 2.37 bits per heavy atom. The Morgan fingerprint density at radius 1 is 1.47 bits per heavy atom. The van der Waals surface area contributed by atoms with E-state index >= 15 is 0 Å². The van der Waals surface area contributed by atoms with Crippen LogP contribution in [0.15, 0.2) is 6.20 Å². The summed E-state index contributed by atoms with van der Waals surface area (Å²) >= 11 is 1.78. The Labute approximate surface area is 118 Å². The molecule has 0 saturated carbocycles. The monoisotopic (exact) mass is 285 g/mol. The van der Waals surface area contributed by atoms with Crippen LogP contribution in [0.3, 0.4) is 0 Å². The van der Waals surface area contributed by atoms with Gasteiger partial charge >= 0.3 is 0 Å². The molecule has 1 aliphatic rings. The molecule has 0 amide bonds. The summed E-state index contributed by atoms with van der Waals surface area (Å²) in [7, 11) is 3.49. The smallest absolute Gasteiger partial charge is 0.185 e. The zero-order valence-electron chi connectivity index (χ0n) is 11.7. The van der Waals surface area contributed by atoms with Gasteiger partial charge in [0.2, 0.25) is 0 Å². The van der Waals surface area contributed by atoms with Crippen LogP contribution in [0.4, 0.5) is 5.13 Å². The predicted molar refractivity (Wildman–Crippen MR) is 77.9 cm³/mol. The molecule has 1 unspecified atom stereocenters. The highest BCUT2D eigenvalue weighted by Crippen LogP contribution is 2.28. The second-order valence-corrected chi connectivity index (χ2v) is 5.93. The van der Waals surface area contributed by atoms with Crippen molar-refractivity contribution in [1.82, 2.24) is 10.3 Å². The van der Waals surface area contributed by atoms with Gasteiger partial charge in [-0.25, -0.2) is 4.98 Å². The van der Waals surface area contributed by atoms with Crippen LogP contribution in [0.2, 0.25) is 0 Å². The third-order valence-corrected chi connectivity index (χ3v) is 4.34. The van der Waals surface area contributed by atoms with Gasteiger partial charge in [-0.3, -0.25) is 0 Å². The van der Waals surface area contributed by atoms with Crippen LogP contribution in [-0.2, 0) is 16.0 Å². The molecule has 0 aromatic carbocycles. The van der Waals surface area contributed by atoms with Gasteiger partial charge in [0.25, 0.3) is 0 Å². The van der Waals surface area contributed by atoms with E-state index in [1.807, 2.05) is 6.20 Å². The molecule has 0 bridgehead atoms. The minimum atomic E-state index is 0.650. The molecule has 0 spiro atoms. The number of nitrogens with zero attached hydrogens (tertiary/aromatic N) is 2. The Hall–Kier alpha value is -0.690. The summed E-state index contributed by atoms with van der Waals surface area (Å²) < 4.78 is 10.2. The second kappa shape index (κ2) is 7.79.